The van der Waals surface area contributed by atoms with Gasteiger partial charge in [-0.15, -0.1) is 0 Å². The molecule has 0 aliphatic heterocycles. The Morgan fingerprint density at radius 3 is 2.00 bits per heavy atom. The van der Waals surface area contributed by atoms with Crippen LogP contribution in [-0.2, 0) is 0 Å². The van der Waals surface area contributed by atoms with Gasteiger partial charge >= 0.3 is 7.12 Å². The highest BCUT2D eigenvalue weighted by Gasteiger charge is 2.22. The molecular weight excluding hydrogens is 247 g/mol. The molecule has 0 aliphatic rings. The molecule has 2 aromatic carbocycles. The van der Waals surface area contributed by atoms with E-state index in [0.29, 0.717) is 22.6 Å². The Hall–Kier alpha value is -1.92. The van der Waals surface area contributed by atoms with Crippen molar-refractivity contribution in [2.75, 3.05) is 21.3 Å². The molecule has 0 fully saturated rings. The molecule has 0 unspecified atom stereocenters. The second kappa shape index (κ2) is 5.38. The smallest absolute Gasteiger partial charge is 0.492 e. The largest absolute Gasteiger partial charge is 0.496 e. The lowest BCUT2D eigenvalue weighted by molar-refractivity contribution is 0.396. The molecule has 2 N–H and O–H groups in total. The van der Waals surface area contributed by atoms with E-state index >= 15 is 0 Å². The lowest BCUT2D eigenvalue weighted by Gasteiger charge is -2.15. The van der Waals surface area contributed by atoms with Crippen molar-refractivity contribution in [3.8, 4) is 17.2 Å². The number of methoxy groups -OCH3 is 3. The third-order valence-corrected chi connectivity index (χ3v) is 3.01. The van der Waals surface area contributed by atoms with Gasteiger partial charge in [0.05, 0.1) is 26.7 Å². The van der Waals surface area contributed by atoms with E-state index in [2.05, 4.69) is 0 Å². The molecule has 6 heteroatoms. The van der Waals surface area contributed by atoms with Gasteiger partial charge in [-0.25, -0.2) is 0 Å². The average molecular weight is 262 g/mol. The Balaban J connectivity index is 2.88. The number of hydrogen-bond donors (Lipinski definition) is 2. The summed E-state index contributed by atoms with van der Waals surface area (Å²) in [6, 6.07) is 6.87. The highest BCUT2D eigenvalue weighted by molar-refractivity contribution is 6.60. The molecule has 0 bridgehead atoms. The second-order valence-electron chi connectivity index (χ2n) is 3.95. The van der Waals surface area contributed by atoms with Gasteiger partial charge in [0, 0.05) is 10.8 Å². The van der Waals surface area contributed by atoms with E-state index in [1.54, 1.807) is 38.5 Å². The van der Waals surface area contributed by atoms with Crippen molar-refractivity contribution in [1.82, 2.24) is 0 Å². The number of benzene rings is 2. The molecule has 19 heavy (non-hydrogen) atoms. The van der Waals surface area contributed by atoms with Crippen LogP contribution >= 0.6 is 0 Å². The van der Waals surface area contributed by atoms with Gasteiger partial charge in [0.2, 0.25) is 0 Å². The van der Waals surface area contributed by atoms with Crippen LogP contribution in [-0.4, -0.2) is 38.5 Å². The minimum absolute atomic E-state index is 0.279. The van der Waals surface area contributed by atoms with Gasteiger partial charge < -0.3 is 24.3 Å². The molecule has 0 saturated carbocycles. The van der Waals surface area contributed by atoms with E-state index in [1.807, 2.05) is 0 Å². The summed E-state index contributed by atoms with van der Waals surface area (Å²) >= 11 is 0. The molecule has 0 amide bonds. The molecule has 0 saturated heterocycles. The first kappa shape index (κ1) is 13.5. The summed E-state index contributed by atoms with van der Waals surface area (Å²) < 4.78 is 15.9. The lowest BCUT2D eigenvalue weighted by Crippen LogP contribution is -2.31. The van der Waals surface area contributed by atoms with Crippen molar-refractivity contribution in [3.05, 3.63) is 24.3 Å². The predicted molar refractivity (Wildman–Crippen MR) is 73.4 cm³/mol. The zero-order valence-corrected chi connectivity index (χ0v) is 11.0. The van der Waals surface area contributed by atoms with Crippen LogP contribution in [0.1, 0.15) is 0 Å². The number of fused-ring (bicyclic) bond motifs is 1. The van der Waals surface area contributed by atoms with Crippen LogP contribution in [0.25, 0.3) is 10.8 Å². The molecule has 0 aliphatic carbocycles. The Bertz CT molecular complexity index is 597. The summed E-state index contributed by atoms with van der Waals surface area (Å²) in [7, 11) is 2.97. The summed E-state index contributed by atoms with van der Waals surface area (Å²) in [5.74, 6) is 1.60. The zero-order valence-electron chi connectivity index (χ0n) is 11.0. The molecule has 100 valence electrons. The first-order chi connectivity index (χ1) is 9.13. The molecular formula is C13H15BO5. The van der Waals surface area contributed by atoms with Crippen molar-refractivity contribution in [2.45, 2.75) is 0 Å². The van der Waals surface area contributed by atoms with E-state index in [0.717, 1.165) is 5.39 Å². The highest BCUT2D eigenvalue weighted by Crippen LogP contribution is 2.38. The summed E-state index contributed by atoms with van der Waals surface area (Å²) in [6.07, 6.45) is 0. The van der Waals surface area contributed by atoms with Crippen LogP contribution in [0.3, 0.4) is 0 Å². The lowest BCUT2D eigenvalue weighted by atomic mass is 9.78. The maximum Gasteiger partial charge on any atom is 0.492 e. The standard InChI is InChI=1S/C13H15BO5/c1-17-10-6-7-11(18-2)12-8(10)4-5-9(14(15)16)13(12)19-3/h4-7,15-16H,1-3H3. The van der Waals surface area contributed by atoms with Gasteiger partial charge in [-0.2, -0.15) is 0 Å². The third kappa shape index (κ3) is 2.20. The molecule has 2 rings (SSSR count). The van der Waals surface area contributed by atoms with E-state index < -0.39 is 7.12 Å². The first-order valence-electron chi connectivity index (χ1n) is 5.71. The van der Waals surface area contributed by atoms with Crippen LogP contribution in [0.5, 0.6) is 17.2 Å². The number of rotatable bonds is 4. The average Bonchev–Trinajstić information content (AvgIpc) is 2.44. The van der Waals surface area contributed by atoms with Crippen LogP contribution in [0.4, 0.5) is 0 Å². The first-order valence-corrected chi connectivity index (χ1v) is 5.71. The van der Waals surface area contributed by atoms with Crippen molar-refractivity contribution >= 4 is 23.4 Å². The fraction of sp³-hybridized carbons (Fsp3) is 0.231. The van der Waals surface area contributed by atoms with Gasteiger partial charge in [0.15, 0.2) is 0 Å². The van der Waals surface area contributed by atoms with Crippen LogP contribution < -0.4 is 19.7 Å². The maximum absolute atomic E-state index is 9.39. The Labute approximate surface area is 111 Å². The predicted octanol–water partition coefficient (Wildman–Crippen LogP) is 0.545. The molecule has 0 aromatic heterocycles. The van der Waals surface area contributed by atoms with Crippen LogP contribution in [0, 0.1) is 0 Å². The summed E-state index contributed by atoms with van der Waals surface area (Å²) in [5, 5.41) is 20.2. The molecule has 2 aromatic rings. The van der Waals surface area contributed by atoms with Gasteiger partial charge in [-0.1, -0.05) is 12.1 Å². The molecule has 0 spiro atoms. The van der Waals surface area contributed by atoms with Crippen molar-refractivity contribution in [2.24, 2.45) is 0 Å². The highest BCUT2D eigenvalue weighted by atomic mass is 16.5. The quantitative estimate of drug-likeness (QED) is 0.787. The molecule has 5 nitrogen and oxygen atoms in total. The second-order valence-corrected chi connectivity index (χ2v) is 3.95. The SMILES string of the molecule is COc1ccc(OC)c2c(OC)c(B(O)O)ccc12. The fourth-order valence-electron chi connectivity index (χ4n) is 2.14. The summed E-state index contributed by atoms with van der Waals surface area (Å²) in [4.78, 5) is 0. The zero-order chi connectivity index (χ0) is 14.0. The fourth-order valence-corrected chi connectivity index (χ4v) is 2.14. The van der Waals surface area contributed by atoms with Gasteiger partial charge in [0.25, 0.3) is 0 Å². The Kier molecular flexibility index (Phi) is 3.83. The number of hydrogen-bond acceptors (Lipinski definition) is 5. The maximum atomic E-state index is 9.39. The molecule has 0 radical (unpaired) electrons. The van der Waals surface area contributed by atoms with Gasteiger partial charge in [-0.05, 0) is 12.1 Å². The Morgan fingerprint density at radius 1 is 0.842 bits per heavy atom. The van der Waals surface area contributed by atoms with E-state index in [-0.39, 0.29) is 5.46 Å². The molecule has 0 heterocycles. The Morgan fingerprint density at radius 2 is 1.47 bits per heavy atom. The normalized spacial score (nSPS) is 10.4. The van der Waals surface area contributed by atoms with E-state index in [4.69, 9.17) is 14.2 Å². The third-order valence-electron chi connectivity index (χ3n) is 3.01. The minimum Gasteiger partial charge on any atom is -0.496 e. The monoisotopic (exact) mass is 262 g/mol. The van der Waals surface area contributed by atoms with Crippen molar-refractivity contribution in [1.29, 1.82) is 0 Å². The van der Waals surface area contributed by atoms with Crippen molar-refractivity contribution in [3.63, 3.8) is 0 Å². The van der Waals surface area contributed by atoms with E-state index in [9.17, 15) is 10.0 Å². The van der Waals surface area contributed by atoms with Gasteiger partial charge in [0.1, 0.15) is 17.2 Å². The van der Waals surface area contributed by atoms with Gasteiger partial charge in [-0.3, -0.25) is 0 Å². The van der Waals surface area contributed by atoms with Crippen LogP contribution in [0.2, 0.25) is 0 Å². The van der Waals surface area contributed by atoms with E-state index in [1.165, 1.54) is 7.11 Å². The topological polar surface area (TPSA) is 68.2 Å². The summed E-state index contributed by atoms with van der Waals surface area (Å²) in [5.41, 5.74) is 0.279. The van der Waals surface area contributed by atoms with Crippen LogP contribution in [0.15, 0.2) is 24.3 Å². The van der Waals surface area contributed by atoms with Crippen molar-refractivity contribution < 1.29 is 24.3 Å². The minimum atomic E-state index is -1.62. The molecule has 0 atom stereocenters. The summed E-state index contributed by atoms with van der Waals surface area (Å²) in [6.45, 7) is 0. The number of ether oxygens (including phenoxy) is 3.